The summed E-state index contributed by atoms with van der Waals surface area (Å²) in [5.74, 6) is 0.284. The first kappa shape index (κ1) is 13.6. The number of carbonyl (C=O) groups is 1. The van der Waals surface area contributed by atoms with Crippen LogP contribution in [0.3, 0.4) is 0 Å². The highest BCUT2D eigenvalue weighted by molar-refractivity contribution is 5.78. The van der Waals surface area contributed by atoms with Gasteiger partial charge in [-0.3, -0.25) is 9.69 Å². The first-order valence-corrected chi connectivity index (χ1v) is 7.08. The molecule has 0 aromatic heterocycles. The standard InChI is InChI=1S/C14H24N2O2/c17-11-10-15-6-8-16(9-7-15)14(18)12-13-4-2-1-3-5-13/h4,17H,1-3,5-12H2. The Kier molecular flexibility index (Phi) is 5.20. The lowest BCUT2D eigenvalue weighted by molar-refractivity contribution is -0.132. The zero-order valence-electron chi connectivity index (χ0n) is 11.1. The average Bonchev–Trinajstić information content (AvgIpc) is 2.41. The quantitative estimate of drug-likeness (QED) is 0.760. The van der Waals surface area contributed by atoms with E-state index >= 15 is 0 Å². The number of carbonyl (C=O) groups excluding carboxylic acids is 1. The summed E-state index contributed by atoms with van der Waals surface area (Å²) in [6.07, 6.45) is 7.65. The molecule has 2 rings (SSSR count). The normalized spacial score (nSPS) is 21.8. The second-order valence-corrected chi connectivity index (χ2v) is 5.23. The van der Waals surface area contributed by atoms with Gasteiger partial charge in [0.05, 0.1) is 6.61 Å². The third-order valence-corrected chi connectivity index (χ3v) is 3.90. The fraction of sp³-hybridized carbons (Fsp3) is 0.786. The summed E-state index contributed by atoms with van der Waals surface area (Å²) in [6.45, 7) is 4.35. The minimum atomic E-state index is 0.209. The lowest BCUT2D eigenvalue weighted by atomic mass is 9.97. The summed E-state index contributed by atoms with van der Waals surface area (Å²) in [5.41, 5.74) is 1.34. The molecule has 0 atom stereocenters. The maximum Gasteiger partial charge on any atom is 0.226 e. The van der Waals surface area contributed by atoms with Gasteiger partial charge in [0.15, 0.2) is 0 Å². The van der Waals surface area contributed by atoms with E-state index in [4.69, 9.17) is 5.11 Å². The van der Waals surface area contributed by atoms with Crippen LogP contribution in [0.15, 0.2) is 11.6 Å². The number of allylic oxidation sites excluding steroid dienone is 1. The first-order valence-electron chi connectivity index (χ1n) is 7.08. The predicted molar refractivity (Wildman–Crippen MR) is 71.3 cm³/mol. The fourth-order valence-electron chi connectivity index (χ4n) is 2.73. The monoisotopic (exact) mass is 252 g/mol. The van der Waals surface area contributed by atoms with Gasteiger partial charge in [-0.15, -0.1) is 0 Å². The average molecular weight is 252 g/mol. The summed E-state index contributed by atoms with van der Waals surface area (Å²) >= 11 is 0. The molecule has 1 N–H and O–H groups in total. The van der Waals surface area contributed by atoms with Gasteiger partial charge >= 0.3 is 0 Å². The van der Waals surface area contributed by atoms with E-state index in [1.807, 2.05) is 4.90 Å². The van der Waals surface area contributed by atoms with Crippen molar-refractivity contribution in [1.82, 2.24) is 9.80 Å². The molecule has 0 saturated carbocycles. The van der Waals surface area contributed by atoms with Crippen LogP contribution in [0.1, 0.15) is 32.1 Å². The molecule has 18 heavy (non-hydrogen) atoms. The highest BCUT2D eigenvalue weighted by Crippen LogP contribution is 2.21. The molecule has 0 aromatic carbocycles. The van der Waals surface area contributed by atoms with E-state index < -0.39 is 0 Å². The van der Waals surface area contributed by atoms with Crippen molar-refractivity contribution in [2.75, 3.05) is 39.3 Å². The third kappa shape index (κ3) is 3.82. The van der Waals surface area contributed by atoms with Crippen LogP contribution in [0, 0.1) is 0 Å². The molecule has 1 fully saturated rings. The van der Waals surface area contributed by atoms with Gasteiger partial charge in [0.1, 0.15) is 0 Å². The molecule has 4 heteroatoms. The number of β-amino-alcohol motifs (C(OH)–C–C–N with tert-alkyl or cyclic N) is 1. The van der Waals surface area contributed by atoms with E-state index in [2.05, 4.69) is 11.0 Å². The van der Waals surface area contributed by atoms with Crippen LogP contribution in [0.25, 0.3) is 0 Å². The van der Waals surface area contributed by atoms with Crippen molar-refractivity contribution in [3.8, 4) is 0 Å². The summed E-state index contributed by atoms with van der Waals surface area (Å²) in [4.78, 5) is 16.3. The molecule has 0 radical (unpaired) electrons. The molecule has 1 amide bonds. The number of amides is 1. The molecule has 102 valence electrons. The molecule has 2 aliphatic rings. The number of aliphatic hydroxyl groups is 1. The van der Waals surface area contributed by atoms with E-state index in [0.717, 1.165) is 45.6 Å². The van der Waals surface area contributed by atoms with E-state index in [-0.39, 0.29) is 12.5 Å². The molecule has 0 aromatic rings. The van der Waals surface area contributed by atoms with Crippen LogP contribution in [-0.2, 0) is 4.79 Å². The van der Waals surface area contributed by atoms with Crippen molar-refractivity contribution in [1.29, 1.82) is 0 Å². The van der Waals surface area contributed by atoms with Gasteiger partial charge in [-0.25, -0.2) is 0 Å². The maximum absolute atomic E-state index is 12.1. The number of nitrogens with zero attached hydrogens (tertiary/aromatic N) is 2. The molecule has 0 bridgehead atoms. The lowest BCUT2D eigenvalue weighted by Gasteiger charge is -2.34. The Hall–Kier alpha value is -0.870. The lowest BCUT2D eigenvalue weighted by Crippen LogP contribution is -2.49. The Bertz CT molecular complexity index is 307. The molecule has 1 saturated heterocycles. The second-order valence-electron chi connectivity index (χ2n) is 5.23. The van der Waals surface area contributed by atoms with E-state index in [1.165, 1.54) is 18.4 Å². The number of hydrogen-bond donors (Lipinski definition) is 1. The molecule has 0 spiro atoms. The van der Waals surface area contributed by atoms with Crippen LogP contribution in [0.4, 0.5) is 0 Å². The number of hydrogen-bond acceptors (Lipinski definition) is 3. The summed E-state index contributed by atoms with van der Waals surface area (Å²) in [6, 6.07) is 0. The van der Waals surface area contributed by atoms with Crippen molar-refractivity contribution in [3.63, 3.8) is 0 Å². The topological polar surface area (TPSA) is 43.8 Å². The van der Waals surface area contributed by atoms with Gasteiger partial charge < -0.3 is 10.0 Å². The van der Waals surface area contributed by atoms with Crippen LogP contribution in [-0.4, -0.2) is 60.1 Å². The summed E-state index contributed by atoms with van der Waals surface area (Å²) < 4.78 is 0. The Labute approximate surface area is 109 Å². The summed E-state index contributed by atoms with van der Waals surface area (Å²) in [7, 11) is 0. The largest absolute Gasteiger partial charge is 0.395 e. The van der Waals surface area contributed by atoms with Crippen molar-refractivity contribution in [2.45, 2.75) is 32.1 Å². The van der Waals surface area contributed by atoms with Crippen LogP contribution < -0.4 is 0 Å². The second kappa shape index (κ2) is 6.90. The highest BCUT2D eigenvalue weighted by atomic mass is 16.3. The Balaban J connectivity index is 1.75. The SMILES string of the molecule is O=C(CC1=CCCCC1)N1CCN(CCO)CC1. The smallest absolute Gasteiger partial charge is 0.226 e. The minimum absolute atomic E-state index is 0.209. The maximum atomic E-state index is 12.1. The van der Waals surface area contributed by atoms with Gasteiger partial charge in [0.2, 0.25) is 5.91 Å². The minimum Gasteiger partial charge on any atom is -0.395 e. The van der Waals surface area contributed by atoms with E-state index in [9.17, 15) is 4.79 Å². The molecule has 4 nitrogen and oxygen atoms in total. The van der Waals surface area contributed by atoms with Crippen molar-refractivity contribution < 1.29 is 9.90 Å². The Morgan fingerprint density at radius 2 is 2.00 bits per heavy atom. The van der Waals surface area contributed by atoms with Gasteiger partial charge in [-0.05, 0) is 25.7 Å². The number of piperazine rings is 1. The van der Waals surface area contributed by atoms with Crippen molar-refractivity contribution >= 4 is 5.91 Å². The molecule has 1 aliphatic carbocycles. The molecule has 1 aliphatic heterocycles. The molecule has 1 heterocycles. The zero-order valence-corrected chi connectivity index (χ0v) is 11.1. The Morgan fingerprint density at radius 3 is 2.61 bits per heavy atom. The number of aliphatic hydroxyl groups excluding tert-OH is 1. The van der Waals surface area contributed by atoms with Gasteiger partial charge in [-0.2, -0.15) is 0 Å². The fourth-order valence-corrected chi connectivity index (χ4v) is 2.73. The predicted octanol–water partition coefficient (Wildman–Crippen LogP) is 1.01. The molecular weight excluding hydrogens is 228 g/mol. The van der Waals surface area contributed by atoms with Crippen LogP contribution >= 0.6 is 0 Å². The first-order chi connectivity index (χ1) is 8.79. The van der Waals surface area contributed by atoms with Gasteiger partial charge in [0.25, 0.3) is 0 Å². The Morgan fingerprint density at radius 1 is 1.22 bits per heavy atom. The zero-order chi connectivity index (χ0) is 12.8. The van der Waals surface area contributed by atoms with Crippen molar-refractivity contribution in [3.05, 3.63) is 11.6 Å². The van der Waals surface area contributed by atoms with Crippen LogP contribution in [0.2, 0.25) is 0 Å². The third-order valence-electron chi connectivity index (χ3n) is 3.90. The van der Waals surface area contributed by atoms with Crippen LogP contribution in [0.5, 0.6) is 0 Å². The van der Waals surface area contributed by atoms with Gasteiger partial charge in [0, 0.05) is 39.1 Å². The van der Waals surface area contributed by atoms with E-state index in [1.54, 1.807) is 0 Å². The molecule has 0 unspecified atom stereocenters. The summed E-state index contributed by atoms with van der Waals surface area (Å²) in [5, 5.41) is 8.88. The van der Waals surface area contributed by atoms with E-state index in [0.29, 0.717) is 6.42 Å². The van der Waals surface area contributed by atoms with Gasteiger partial charge in [-0.1, -0.05) is 11.6 Å². The highest BCUT2D eigenvalue weighted by Gasteiger charge is 2.21. The number of rotatable bonds is 4. The molecular formula is C14H24N2O2. The van der Waals surface area contributed by atoms with Crippen molar-refractivity contribution in [2.24, 2.45) is 0 Å².